The summed E-state index contributed by atoms with van der Waals surface area (Å²) in [5.74, 6) is 0.409. The van der Waals surface area contributed by atoms with Crippen LogP contribution in [0.2, 0.25) is 0 Å². The lowest BCUT2D eigenvalue weighted by Crippen LogP contribution is -2.53. The highest BCUT2D eigenvalue weighted by Crippen LogP contribution is 2.29. The molecule has 3 rings (SSSR count). The van der Waals surface area contributed by atoms with Crippen LogP contribution >= 0.6 is 0 Å². The first-order valence-corrected chi connectivity index (χ1v) is 7.33. The molecule has 0 aromatic heterocycles. The van der Waals surface area contributed by atoms with E-state index >= 15 is 0 Å². The van der Waals surface area contributed by atoms with Gasteiger partial charge in [0.05, 0.1) is 6.10 Å². The van der Waals surface area contributed by atoms with Crippen LogP contribution in [0.1, 0.15) is 18.4 Å². The molecule has 2 aromatic carbocycles. The van der Waals surface area contributed by atoms with Crippen molar-refractivity contribution < 1.29 is 9.90 Å². The van der Waals surface area contributed by atoms with Crippen LogP contribution in [0.4, 0.5) is 4.79 Å². The molecule has 1 saturated heterocycles. The Morgan fingerprint density at radius 2 is 2.00 bits per heavy atom. The third kappa shape index (κ3) is 3.00. The molecule has 2 amide bonds. The molecule has 4 nitrogen and oxygen atoms in total. The predicted octanol–water partition coefficient (Wildman–Crippen LogP) is 2.33. The lowest BCUT2D eigenvalue weighted by Gasteiger charge is -2.39. The molecule has 0 bridgehead atoms. The van der Waals surface area contributed by atoms with Gasteiger partial charge in [0.1, 0.15) is 0 Å². The second kappa shape index (κ2) is 5.74. The van der Waals surface area contributed by atoms with Gasteiger partial charge in [0.2, 0.25) is 0 Å². The highest BCUT2D eigenvalue weighted by molar-refractivity contribution is 5.83. The summed E-state index contributed by atoms with van der Waals surface area (Å²) < 4.78 is 0. The third-order valence-corrected chi connectivity index (χ3v) is 3.96. The Morgan fingerprint density at radius 3 is 2.71 bits per heavy atom. The van der Waals surface area contributed by atoms with Gasteiger partial charge in [-0.2, -0.15) is 0 Å². The van der Waals surface area contributed by atoms with Gasteiger partial charge < -0.3 is 15.3 Å². The van der Waals surface area contributed by atoms with E-state index in [0.717, 1.165) is 13.1 Å². The summed E-state index contributed by atoms with van der Waals surface area (Å²) >= 11 is 0. The minimum atomic E-state index is -0.508. The van der Waals surface area contributed by atoms with Crippen molar-refractivity contribution >= 4 is 16.8 Å². The van der Waals surface area contributed by atoms with Crippen LogP contribution in [0.25, 0.3) is 10.8 Å². The molecule has 0 radical (unpaired) electrons. The molecule has 110 valence electrons. The van der Waals surface area contributed by atoms with Crippen LogP contribution in [0, 0.1) is 0 Å². The van der Waals surface area contributed by atoms with Crippen LogP contribution in [0.3, 0.4) is 0 Å². The second-order valence-corrected chi connectivity index (χ2v) is 5.74. The zero-order chi connectivity index (χ0) is 14.8. The number of carbonyl (C=O) groups is 1. The number of amides is 2. The molecule has 0 saturated carbocycles. The number of urea groups is 1. The van der Waals surface area contributed by atoms with E-state index in [1.165, 1.54) is 16.3 Å². The molecule has 0 aliphatic carbocycles. The van der Waals surface area contributed by atoms with Gasteiger partial charge in [-0.15, -0.1) is 0 Å². The third-order valence-electron chi connectivity index (χ3n) is 3.96. The zero-order valence-corrected chi connectivity index (χ0v) is 12.1. The van der Waals surface area contributed by atoms with Crippen LogP contribution in [-0.4, -0.2) is 41.8 Å². The largest absolute Gasteiger partial charge is 0.392 e. The van der Waals surface area contributed by atoms with Gasteiger partial charge in [-0.05, 0) is 23.3 Å². The van der Waals surface area contributed by atoms with E-state index in [9.17, 15) is 9.90 Å². The van der Waals surface area contributed by atoms with Gasteiger partial charge in [0.15, 0.2) is 0 Å². The van der Waals surface area contributed by atoms with E-state index in [-0.39, 0.29) is 6.03 Å². The monoisotopic (exact) mass is 284 g/mol. The lowest BCUT2D eigenvalue weighted by atomic mass is 9.90. The summed E-state index contributed by atoms with van der Waals surface area (Å²) in [6, 6.07) is 14.7. The molecule has 4 heteroatoms. The van der Waals surface area contributed by atoms with Crippen LogP contribution in [-0.2, 0) is 0 Å². The number of fused-ring (bicyclic) bond motifs is 1. The van der Waals surface area contributed by atoms with Crippen molar-refractivity contribution in [2.45, 2.75) is 18.9 Å². The number of rotatable bonds is 3. The quantitative estimate of drug-likeness (QED) is 0.909. The average molecular weight is 284 g/mol. The number of nitrogens with zero attached hydrogens (tertiary/aromatic N) is 1. The van der Waals surface area contributed by atoms with E-state index < -0.39 is 6.10 Å². The number of aliphatic hydroxyl groups is 1. The Hall–Kier alpha value is -2.07. The van der Waals surface area contributed by atoms with E-state index in [4.69, 9.17) is 0 Å². The molecule has 1 fully saturated rings. The minimum Gasteiger partial charge on any atom is -0.392 e. The van der Waals surface area contributed by atoms with Crippen LogP contribution < -0.4 is 5.32 Å². The summed E-state index contributed by atoms with van der Waals surface area (Å²) in [6.07, 6.45) is -0.508. The van der Waals surface area contributed by atoms with Crippen LogP contribution in [0.5, 0.6) is 0 Å². The maximum atomic E-state index is 11.8. The molecule has 1 atom stereocenters. The average Bonchev–Trinajstić information content (AvgIpc) is 2.43. The number of hydrogen-bond donors (Lipinski definition) is 2. The van der Waals surface area contributed by atoms with E-state index in [1.807, 2.05) is 12.1 Å². The fourth-order valence-electron chi connectivity index (χ4n) is 2.66. The Labute approximate surface area is 124 Å². The Kier molecular flexibility index (Phi) is 3.80. The van der Waals surface area contributed by atoms with Crippen molar-refractivity contribution in [1.29, 1.82) is 0 Å². The van der Waals surface area contributed by atoms with Crippen molar-refractivity contribution in [2.24, 2.45) is 0 Å². The van der Waals surface area contributed by atoms with Gasteiger partial charge in [0, 0.05) is 25.6 Å². The summed E-state index contributed by atoms with van der Waals surface area (Å²) in [5.41, 5.74) is 1.29. The molecular formula is C17H20N2O2. The predicted molar refractivity (Wildman–Crippen MR) is 83.3 cm³/mol. The molecule has 1 unspecified atom stereocenters. The zero-order valence-electron chi connectivity index (χ0n) is 12.1. The summed E-state index contributed by atoms with van der Waals surface area (Å²) in [7, 11) is 0. The van der Waals surface area contributed by atoms with Crippen LogP contribution in [0.15, 0.2) is 42.5 Å². The Balaban J connectivity index is 1.61. The number of nitrogens with one attached hydrogen (secondary N) is 1. The summed E-state index contributed by atoms with van der Waals surface area (Å²) in [5, 5.41) is 14.4. The molecule has 0 spiro atoms. The van der Waals surface area contributed by atoms with Crippen molar-refractivity contribution in [2.75, 3.05) is 19.6 Å². The van der Waals surface area contributed by atoms with Crippen molar-refractivity contribution in [1.82, 2.24) is 10.2 Å². The normalized spacial score (nSPS) is 16.6. The molecular weight excluding hydrogens is 264 g/mol. The maximum Gasteiger partial charge on any atom is 0.317 e. The fraction of sp³-hybridized carbons (Fsp3) is 0.353. The molecule has 21 heavy (non-hydrogen) atoms. The lowest BCUT2D eigenvalue weighted by molar-refractivity contribution is 0.141. The second-order valence-electron chi connectivity index (χ2n) is 5.74. The number of aliphatic hydroxyl groups excluding tert-OH is 1. The first-order chi connectivity index (χ1) is 10.1. The van der Waals surface area contributed by atoms with Gasteiger partial charge in [-0.1, -0.05) is 42.5 Å². The Bertz CT molecular complexity index is 648. The maximum absolute atomic E-state index is 11.8. The highest BCUT2D eigenvalue weighted by atomic mass is 16.3. The summed E-state index contributed by atoms with van der Waals surface area (Å²) in [4.78, 5) is 13.6. The highest BCUT2D eigenvalue weighted by Gasteiger charge is 2.31. The van der Waals surface area contributed by atoms with Crippen molar-refractivity contribution in [3.05, 3.63) is 48.0 Å². The van der Waals surface area contributed by atoms with Crippen molar-refractivity contribution in [3.8, 4) is 0 Å². The smallest absolute Gasteiger partial charge is 0.317 e. The van der Waals surface area contributed by atoms with Crippen molar-refractivity contribution in [3.63, 3.8) is 0 Å². The standard InChI is InChI=1S/C17H20N2O2/c1-12(20)9-18-17(21)19-10-16(11-19)15-7-6-13-4-2-3-5-14(13)8-15/h2-8,12,16,20H,9-11H2,1H3,(H,18,21). The molecule has 2 N–H and O–H groups in total. The van der Waals surface area contributed by atoms with Gasteiger partial charge in [-0.25, -0.2) is 4.79 Å². The number of carbonyl (C=O) groups excluding carboxylic acids is 1. The first-order valence-electron chi connectivity index (χ1n) is 7.33. The van der Waals surface area contributed by atoms with E-state index in [2.05, 4.69) is 35.6 Å². The summed E-state index contributed by atoms with van der Waals surface area (Å²) in [6.45, 7) is 3.44. The van der Waals surface area contributed by atoms with E-state index in [0.29, 0.717) is 12.5 Å². The number of benzene rings is 2. The Morgan fingerprint density at radius 1 is 1.29 bits per heavy atom. The fourth-order valence-corrected chi connectivity index (χ4v) is 2.66. The number of likely N-dealkylation sites (tertiary alicyclic amines) is 1. The topological polar surface area (TPSA) is 52.6 Å². The first kappa shape index (κ1) is 13.9. The van der Waals surface area contributed by atoms with Gasteiger partial charge >= 0.3 is 6.03 Å². The van der Waals surface area contributed by atoms with Gasteiger partial charge in [0.25, 0.3) is 0 Å². The molecule has 1 aliphatic rings. The molecule has 1 aliphatic heterocycles. The minimum absolute atomic E-state index is 0.0899. The molecule has 1 heterocycles. The molecule has 2 aromatic rings. The van der Waals surface area contributed by atoms with E-state index in [1.54, 1.807) is 11.8 Å². The van der Waals surface area contributed by atoms with Gasteiger partial charge in [-0.3, -0.25) is 0 Å². The SMILES string of the molecule is CC(O)CNC(=O)N1CC(c2ccc3ccccc3c2)C1. The number of hydrogen-bond acceptors (Lipinski definition) is 2.